The Morgan fingerprint density at radius 1 is 1.09 bits per heavy atom. The standard InChI is InChI=1S/C26H29N3O5/c1-6-34-22-11-18-7-8-28-20(19(18)12-21(22)33-5)13-23(29(26(28)32)14-24(30)31)27-25-16(3)9-15(2)10-17(25)4/h9-13H,6-8,14H2,1-5H3,(H,30,31)/b27-23+. The summed E-state index contributed by atoms with van der Waals surface area (Å²) in [6.45, 7) is 8.32. The van der Waals surface area contributed by atoms with E-state index in [0.717, 1.165) is 33.5 Å². The number of carbonyl (C=O) groups is 1. The van der Waals surface area contributed by atoms with Crippen molar-refractivity contribution in [1.29, 1.82) is 0 Å². The van der Waals surface area contributed by atoms with Gasteiger partial charge in [-0.2, -0.15) is 0 Å². The summed E-state index contributed by atoms with van der Waals surface area (Å²) in [4.78, 5) is 29.9. The van der Waals surface area contributed by atoms with E-state index in [-0.39, 0.29) is 0 Å². The molecule has 1 aliphatic heterocycles. The van der Waals surface area contributed by atoms with E-state index in [4.69, 9.17) is 14.5 Å². The number of nitrogens with zero attached hydrogens (tertiary/aromatic N) is 3. The van der Waals surface area contributed by atoms with Gasteiger partial charge in [0.1, 0.15) is 12.0 Å². The number of fused-ring (bicyclic) bond motifs is 3. The predicted octanol–water partition coefficient (Wildman–Crippen LogP) is 3.52. The minimum absolute atomic E-state index is 0.300. The number of hydrogen-bond donors (Lipinski definition) is 1. The predicted molar refractivity (Wildman–Crippen MR) is 129 cm³/mol. The number of aromatic nitrogens is 2. The Hall–Kier alpha value is -3.81. The molecule has 8 heteroatoms. The molecule has 34 heavy (non-hydrogen) atoms. The fourth-order valence-electron chi connectivity index (χ4n) is 4.61. The molecule has 0 bridgehead atoms. The number of aliphatic carboxylic acids is 1. The molecular formula is C26H29N3O5. The van der Waals surface area contributed by atoms with Gasteiger partial charge < -0.3 is 14.6 Å². The topological polar surface area (TPSA) is 95.1 Å². The smallest absolute Gasteiger partial charge is 0.330 e. The Bertz CT molecular complexity index is 1390. The number of aryl methyl sites for hydroxylation is 4. The lowest BCUT2D eigenvalue weighted by Crippen LogP contribution is -2.43. The van der Waals surface area contributed by atoms with E-state index in [1.165, 1.54) is 4.57 Å². The van der Waals surface area contributed by atoms with E-state index >= 15 is 0 Å². The minimum atomic E-state index is -1.10. The second-order valence-electron chi connectivity index (χ2n) is 8.50. The number of rotatable bonds is 6. The van der Waals surface area contributed by atoms with Crippen LogP contribution in [0.4, 0.5) is 5.69 Å². The van der Waals surface area contributed by atoms with Crippen LogP contribution in [0.15, 0.2) is 40.1 Å². The molecule has 3 aromatic rings. The van der Waals surface area contributed by atoms with E-state index in [1.807, 2.05) is 52.0 Å². The number of methoxy groups -OCH3 is 1. The third-order valence-electron chi connectivity index (χ3n) is 6.02. The van der Waals surface area contributed by atoms with Gasteiger partial charge in [0.15, 0.2) is 11.5 Å². The lowest BCUT2D eigenvalue weighted by atomic mass is 9.97. The van der Waals surface area contributed by atoms with Crippen LogP contribution in [-0.4, -0.2) is 33.9 Å². The van der Waals surface area contributed by atoms with Crippen LogP contribution < -0.4 is 20.7 Å². The number of benzene rings is 2. The first-order valence-electron chi connectivity index (χ1n) is 11.3. The average Bonchev–Trinajstić information content (AvgIpc) is 2.77. The van der Waals surface area contributed by atoms with Crippen molar-refractivity contribution in [2.75, 3.05) is 13.7 Å². The van der Waals surface area contributed by atoms with Gasteiger partial charge >= 0.3 is 11.7 Å². The van der Waals surface area contributed by atoms with Crippen molar-refractivity contribution in [3.63, 3.8) is 0 Å². The normalized spacial score (nSPS) is 12.8. The molecule has 0 aliphatic carbocycles. The summed E-state index contributed by atoms with van der Waals surface area (Å²) in [5.74, 6) is 0.135. The highest BCUT2D eigenvalue weighted by Crippen LogP contribution is 2.37. The van der Waals surface area contributed by atoms with E-state index in [1.54, 1.807) is 17.7 Å². The van der Waals surface area contributed by atoms with Crippen LogP contribution in [0.1, 0.15) is 29.2 Å². The zero-order valence-corrected chi connectivity index (χ0v) is 20.1. The minimum Gasteiger partial charge on any atom is -0.493 e. The third kappa shape index (κ3) is 4.23. The molecule has 0 spiro atoms. The molecular weight excluding hydrogens is 434 g/mol. The van der Waals surface area contributed by atoms with Crippen molar-refractivity contribution in [2.45, 2.75) is 47.2 Å². The molecule has 1 aromatic heterocycles. The number of ether oxygens (including phenoxy) is 2. The molecule has 0 saturated carbocycles. The summed E-state index contributed by atoms with van der Waals surface area (Å²) in [6.07, 6.45) is 0.617. The molecule has 2 aromatic carbocycles. The van der Waals surface area contributed by atoms with Crippen LogP contribution in [0, 0.1) is 20.8 Å². The van der Waals surface area contributed by atoms with Crippen LogP contribution >= 0.6 is 0 Å². The molecule has 0 unspecified atom stereocenters. The molecule has 1 N–H and O–H groups in total. The second-order valence-corrected chi connectivity index (χ2v) is 8.50. The van der Waals surface area contributed by atoms with Gasteiger partial charge in [0.2, 0.25) is 0 Å². The molecule has 4 rings (SSSR count). The summed E-state index contributed by atoms with van der Waals surface area (Å²) in [7, 11) is 1.58. The molecule has 0 atom stereocenters. The van der Waals surface area contributed by atoms with Gasteiger partial charge in [0, 0.05) is 18.2 Å². The Balaban J connectivity index is 2.02. The maximum absolute atomic E-state index is 13.5. The van der Waals surface area contributed by atoms with Crippen molar-refractivity contribution >= 4 is 11.7 Å². The van der Waals surface area contributed by atoms with Gasteiger partial charge in [0.05, 0.1) is 25.1 Å². The highest BCUT2D eigenvalue weighted by molar-refractivity contribution is 5.70. The fraction of sp³-hybridized carbons (Fsp3) is 0.346. The lowest BCUT2D eigenvalue weighted by molar-refractivity contribution is -0.137. The molecule has 178 valence electrons. The van der Waals surface area contributed by atoms with Gasteiger partial charge in [-0.25, -0.2) is 9.79 Å². The lowest BCUT2D eigenvalue weighted by Gasteiger charge is -2.24. The average molecular weight is 464 g/mol. The van der Waals surface area contributed by atoms with Crippen molar-refractivity contribution < 1.29 is 19.4 Å². The van der Waals surface area contributed by atoms with Gasteiger partial charge in [-0.05, 0) is 62.9 Å². The molecule has 1 aliphatic rings. The van der Waals surface area contributed by atoms with Crippen molar-refractivity contribution in [3.05, 3.63) is 68.6 Å². The summed E-state index contributed by atoms with van der Waals surface area (Å²) < 4.78 is 14.1. The number of hydrogen-bond acceptors (Lipinski definition) is 5. The quantitative estimate of drug-likeness (QED) is 0.604. The molecule has 2 heterocycles. The van der Waals surface area contributed by atoms with Crippen LogP contribution in [0.2, 0.25) is 0 Å². The van der Waals surface area contributed by atoms with Crippen molar-refractivity contribution in [1.82, 2.24) is 9.13 Å². The monoisotopic (exact) mass is 463 g/mol. The molecule has 8 nitrogen and oxygen atoms in total. The first-order chi connectivity index (χ1) is 16.2. The van der Waals surface area contributed by atoms with Crippen LogP contribution in [0.3, 0.4) is 0 Å². The zero-order chi connectivity index (χ0) is 24.6. The highest BCUT2D eigenvalue weighted by atomic mass is 16.5. The first kappa shape index (κ1) is 23.4. The second kappa shape index (κ2) is 9.21. The Morgan fingerprint density at radius 3 is 2.41 bits per heavy atom. The van der Waals surface area contributed by atoms with Gasteiger partial charge in [0.25, 0.3) is 0 Å². The maximum atomic E-state index is 13.5. The van der Waals surface area contributed by atoms with Crippen LogP contribution in [0.25, 0.3) is 11.3 Å². The Morgan fingerprint density at radius 2 is 1.79 bits per heavy atom. The highest BCUT2D eigenvalue weighted by Gasteiger charge is 2.23. The first-order valence-corrected chi connectivity index (χ1v) is 11.3. The van der Waals surface area contributed by atoms with Crippen molar-refractivity contribution in [2.24, 2.45) is 4.99 Å². The SMILES string of the molecule is CCOc1cc2c(cc1OC)-c1c/c(=N\c3c(C)cc(C)cc3C)n(CC(=O)O)c(=O)n1CC2. The Labute approximate surface area is 197 Å². The number of carboxylic acids is 1. The Kier molecular flexibility index (Phi) is 6.32. The molecule has 0 saturated heterocycles. The largest absolute Gasteiger partial charge is 0.493 e. The zero-order valence-electron chi connectivity index (χ0n) is 20.1. The molecule has 0 fully saturated rings. The van der Waals surface area contributed by atoms with Gasteiger partial charge in [-0.15, -0.1) is 0 Å². The summed E-state index contributed by atoms with van der Waals surface area (Å²) in [5, 5.41) is 9.50. The summed E-state index contributed by atoms with van der Waals surface area (Å²) >= 11 is 0. The van der Waals surface area contributed by atoms with Crippen LogP contribution in [0.5, 0.6) is 11.5 Å². The maximum Gasteiger partial charge on any atom is 0.330 e. The van der Waals surface area contributed by atoms with Gasteiger partial charge in [-0.1, -0.05) is 17.7 Å². The third-order valence-corrected chi connectivity index (χ3v) is 6.02. The van der Waals surface area contributed by atoms with E-state index in [2.05, 4.69) is 0 Å². The van der Waals surface area contributed by atoms with E-state index < -0.39 is 18.2 Å². The van der Waals surface area contributed by atoms with E-state index in [9.17, 15) is 14.7 Å². The fourth-order valence-corrected chi connectivity index (χ4v) is 4.61. The van der Waals surface area contributed by atoms with Crippen molar-refractivity contribution in [3.8, 4) is 22.8 Å². The molecule has 0 radical (unpaired) electrons. The van der Waals surface area contributed by atoms with E-state index in [0.29, 0.717) is 42.3 Å². The molecule has 0 amide bonds. The number of carboxylic acid groups (broad SMARTS) is 1. The van der Waals surface area contributed by atoms with Gasteiger partial charge in [-0.3, -0.25) is 13.9 Å². The summed E-state index contributed by atoms with van der Waals surface area (Å²) in [5.41, 5.74) is 6.22. The summed E-state index contributed by atoms with van der Waals surface area (Å²) in [6, 6.07) is 9.66. The van der Waals surface area contributed by atoms with Crippen LogP contribution in [-0.2, 0) is 24.3 Å².